The molecule has 0 amide bonds. The molecule has 4 nitrogen and oxygen atoms in total. The van der Waals surface area contributed by atoms with Crippen LogP contribution in [0.3, 0.4) is 0 Å². The van der Waals surface area contributed by atoms with Crippen molar-refractivity contribution in [2.45, 2.75) is 25.6 Å². The summed E-state index contributed by atoms with van der Waals surface area (Å²) in [6.07, 6.45) is 2.88. The molecule has 6 heteroatoms. The first-order chi connectivity index (χ1) is 9.57. The molecule has 0 bridgehead atoms. The van der Waals surface area contributed by atoms with E-state index in [0.29, 0.717) is 6.54 Å². The Morgan fingerprint density at radius 3 is 2.40 bits per heavy atom. The van der Waals surface area contributed by atoms with Gasteiger partial charge in [-0.15, -0.1) is 0 Å². The second-order valence-corrected chi connectivity index (χ2v) is 7.39. The summed E-state index contributed by atoms with van der Waals surface area (Å²) in [4.78, 5) is 0. The molecule has 1 rings (SSSR count). The first kappa shape index (κ1) is 17.5. The van der Waals surface area contributed by atoms with Gasteiger partial charge >= 0.3 is 0 Å². The highest BCUT2D eigenvalue weighted by Gasteiger charge is 2.10. The second kappa shape index (κ2) is 9.39. The van der Waals surface area contributed by atoms with Gasteiger partial charge in [0.25, 0.3) is 0 Å². The summed E-state index contributed by atoms with van der Waals surface area (Å²) in [5.74, 6) is 1.02. The number of rotatable bonds is 10. The number of sulfonamides is 1. The molecule has 0 aliphatic heterocycles. The van der Waals surface area contributed by atoms with Gasteiger partial charge in [-0.05, 0) is 36.1 Å². The summed E-state index contributed by atoms with van der Waals surface area (Å²) in [5, 5.41) is 3.24. The van der Waals surface area contributed by atoms with Crippen molar-refractivity contribution in [3.05, 3.63) is 35.4 Å². The summed E-state index contributed by atoms with van der Waals surface area (Å²) in [7, 11) is -3.22. The summed E-state index contributed by atoms with van der Waals surface area (Å²) in [6.45, 7) is 4.32. The van der Waals surface area contributed by atoms with Crippen LogP contribution in [0.2, 0.25) is 0 Å². The smallest absolute Gasteiger partial charge is 0.215 e. The van der Waals surface area contributed by atoms with Gasteiger partial charge < -0.3 is 5.32 Å². The van der Waals surface area contributed by atoms with Gasteiger partial charge in [-0.1, -0.05) is 31.2 Å². The molecule has 0 heterocycles. The maximum atomic E-state index is 11.9. The van der Waals surface area contributed by atoms with Crippen molar-refractivity contribution in [1.82, 2.24) is 10.0 Å². The Morgan fingerprint density at radius 2 is 1.80 bits per heavy atom. The fourth-order valence-electron chi connectivity index (χ4n) is 1.74. The summed E-state index contributed by atoms with van der Waals surface area (Å²) >= 11 is 1.72. The Labute approximate surface area is 126 Å². The van der Waals surface area contributed by atoms with Gasteiger partial charge in [-0.2, -0.15) is 11.8 Å². The van der Waals surface area contributed by atoms with Gasteiger partial charge in [0.2, 0.25) is 10.0 Å². The lowest BCUT2D eigenvalue weighted by Crippen LogP contribution is -2.26. The van der Waals surface area contributed by atoms with E-state index in [1.807, 2.05) is 30.5 Å². The third-order valence-electron chi connectivity index (χ3n) is 2.81. The van der Waals surface area contributed by atoms with Crippen molar-refractivity contribution in [3.63, 3.8) is 0 Å². The van der Waals surface area contributed by atoms with Gasteiger partial charge in [0.05, 0.1) is 5.75 Å². The zero-order valence-electron chi connectivity index (χ0n) is 12.2. The Bertz CT molecular complexity index is 472. The van der Waals surface area contributed by atoms with Crippen LogP contribution in [-0.2, 0) is 22.3 Å². The molecule has 1 aromatic carbocycles. The van der Waals surface area contributed by atoms with E-state index in [1.165, 1.54) is 5.56 Å². The molecule has 0 saturated carbocycles. The van der Waals surface area contributed by atoms with Crippen LogP contribution in [0.15, 0.2) is 24.3 Å². The third kappa shape index (κ3) is 7.28. The normalized spacial score (nSPS) is 11.7. The highest BCUT2D eigenvalue weighted by Crippen LogP contribution is 2.08. The quantitative estimate of drug-likeness (QED) is 0.648. The zero-order chi connectivity index (χ0) is 14.8. The summed E-state index contributed by atoms with van der Waals surface area (Å²) in [6, 6.07) is 7.71. The van der Waals surface area contributed by atoms with Crippen molar-refractivity contribution in [3.8, 4) is 0 Å². The van der Waals surface area contributed by atoms with E-state index in [0.717, 1.165) is 30.8 Å². The molecule has 0 atom stereocenters. The molecular formula is C14H24N2O2S2. The van der Waals surface area contributed by atoms with E-state index in [1.54, 1.807) is 11.8 Å². The zero-order valence-corrected chi connectivity index (χ0v) is 13.8. The lowest BCUT2D eigenvalue weighted by molar-refractivity contribution is 0.580. The van der Waals surface area contributed by atoms with Crippen molar-refractivity contribution < 1.29 is 8.42 Å². The van der Waals surface area contributed by atoms with E-state index in [4.69, 9.17) is 0 Å². The molecule has 0 spiro atoms. The topological polar surface area (TPSA) is 58.2 Å². The number of nitrogens with one attached hydrogen (secondary N) is 2. The lowest BCUT2D eigenvalue weighted by atomic mass is 10.1. The minimum Gasteiger partial charge on any atom is -0.313 e. The van der Waals surface area contributed by atoms with E-state index in [2.05, 4.69) is 17.0 Å². The molecule has 1 aromatic rings. The summed E-state index contributed by atoms with van der Waals surface area (Å²) in [5.41, 5.74) is 1.99. The Morgan fingerprint density at radius 1 is 1.15 bits per heavy atom. The maximum absolute atomic E-state index is 11.9. The van der Waals surface area contributed by atoms with Crippen LogP contribution in [0, 0.1) is 0 Å². The first-order valence-electron chi connectivity index (χ1n) is 6.82. The van der Waals surface area contributed by atoms with Gasteiger partial charge in [0.1, 0.15) is 0 Å². The number of hydrogen-bond acceptors (Lipinski definition) is 4. The second-order valence-electron chi connectivity index (χ2n) is 4.60. The molecule has 0 aromatic heterocycles. The minimum atomic E-state index is -3.22. The Hall–Kier alpha value is -0.560. The minimum absolute atomic E-state index is 0.0494. The van der Waals surface area contributed by atoms with Crippen LogP contribution in [0.5, 0.6) is 0 Å². The Balaban J connectivity index is 2.46. The third-order valence-corrected chi connectivity index (χ3v) is 4.86. The molecule has 0 aliphatic rings. The molecular weight excluding hydrogens is 292 g/mol. The van der Waals surface area contributed by atoms with Crippen LogP contribution >= 0.6 is 11.8 Å². The van der Waals surface area contributed by atoms with Crippen molar-refractivity contribution in [2.24, 2.45) is 0 Å². The van der Waals surface area contributed by atoms with Gasteiger partial charge in [0, 0.05) is 13.1 Å². The van der Waals surface area contributed by atoms with Crippen LogP contribution < -0.4 is 10.0 Å². The number of benzene rings is 1. The monoisotopic (exact) mass is 316 g/mol. The Kier molecular flexibility index (Phi) is 8.21. The first-order valence-corrected chi connectivity index (χ1v) is 9.87. The highest BCUT2D eigenvalue weighted by molar-refractivity contribution is 7.98. The van der Waals surface area contributed by atoms with Crippen LogP contribution in [0.1, 0.15) is 24.5 Å². The molecule has 0 saturated heterocycles. The SMILES string of the molecule is CCNCc1ccc(CS(=O)(=O)NCCCSC)cc1. The average Bonchev–Trinajstić information content (AvgIpc) is 2.42. The van der Waals surface area contributed by atoms with Crippen molar-refractivity contribution in [1.29, 1.82) is 0 Å². The molecule has 0 aliphatic carbocycles. The van der Waals surface area contributed by atoms with Crippen LogP contribution in [0.25, 0.3) is 0 Å². The maximum Gasteiger partial charge on any atom is 0.215 e. The molecule has 0 unspecified atom stereocenters. The number of hydrogen-bond donors (Lipinski definition) is 2. The molecule has 20 heavy (non-hydrogen) atoms. The standard InChI is InChI=1S/C14H24N2O2S2/c1-3-15-11-13-5-7-14(8-6-13)12-20(17,18)16-9-4-10-19-2/h5-8,15-16H,3-4,9-12H2,1-2H3. The fourth-order valence-corrected chi connectivity index (χ4v) is 3.36. The van der Waals surface area contributed by atoms with E-state index in [9.17, 15) is 8.42 Å². The summed E-state index contributed by atoms with van der Waals surface area (Å²) < 4.78 is 26.4. The average molecular weight is 316 g/mol. The van der Waals surface area contributed by atoms with E-state index < -0.39 is 10.0 Å². The molecule has 114 valence electrons. The fraction of sp³-hybridized carbons (Fsp3) is 0.571. The lowest BCUT2D eigenvalue weighted by Gasteiger charge is -2.07. The van der Waals surface area contributed by atoms with E-state index in [-0.39, 0.29) is 5.75 Å². The highest BCUT2D eigenvalue weighted by atomic mass is 32.2. The van der Waals surface area contributed by atoms with Crippen LogP contribution in [-0.4, -0.2) is 33.5 Å². The van der Waals surface area contributed by atoms with Crippen molar-refractivity contribution in [2.75, 3.05) is 25.1 Å². The molecule has 2 N–H and O–H groups in total. The van der Waals surface area contributed by atoms with E-state index >= 15 is 0 Å². The van der Waals surface area contributed by atoms with Gasteiger partial charge in [-0.25, -0.2) is 13.1 Å². The van der Waals surface area contributed by atoms with Gasteiger partial charge in [0.15, 0.2) is 0 Å². The predicted octanol–water partition coefficient (Wildman–Crippen LogP) is 1.97. The number of thioether (sulfide) groups is 1. The molecule has 0 fully saturated rings. The molecule has 0 radical (unpaired) electrons. The van der Waals surface area contributed by atoms with Crippen LogP contribution in [0.4, 0.5) is 0 Å². The van der Waals surface area contributed by atoms with Gasteiger partial charge in [-0.3, -0.25) is 0 Å². The predicted molar refractivity (Wildman–Crippen MR) is 87.4 cm³/mol. The van der Waals surface area contributed by atoms with Crippen molar-refractivity contribution >= 4 is 21.8 Å². The largest absolute Gasteiger partial charge is 0.313 e.